The molecule has 0 bridgehead atoms. The summed E-state index contributed by atoms with van der Waals surface area (Å²) in [5.41, 5.74) is 0. The van der Waals surface area contributed by atoms with Gasteiger partial charge in [0, 0.05) is 6.42 Å². The van der Waals surface area contributed by atoms with E-state index in [1.165, 1.54) is 0 Å². The molecule has 38 valence electrons. The Morgan fingerprint density at radius 3 is 2.29 bits per heavy atom. The summed E-state index contributed by atoms with van der Waals surface area (Å²) in [5.74, 6) is -0.171. The van der Waals surface area contributed by atoms with Crippen LogP contribution in [0.4, 0.5) is 0 Å². The molecular weight excluding hydrogens is 234 g/mol. The molecular formula is C3H6IKO2. The van der Waals surface area contributed by atoms with E-state index in [4.69, 9.17) is 0 Å². The second-order valence-electron chi connectivity index (χ2n) is 0.803. The molecule has 0 heterocycles. The van der Waals surface area contributed by atoms with Crippen LogP contribution in [-0.4, -0.2) is 57.4 Å². The zero-order chi connectivity index (χ0) is 4.99. The van der Waals surface area contributed by atoms with Crippen LogP contribution in [0.2, 0.25) is 0 Å². The molecule has 0 N–H and O–H groups in total. The number of hydrogen-bond acceptors (Lipinski definition) is 2. The number of halogens is 1. The van der Waals surface area contributed by atoms with Crippen molar-refractivity contribution in [2.75, 3.05) is 0 Å². The number of carbonyl (C=O) groups excluding carboxylic acids is 1. The summed E-state index contributed by atoms with van der Waals surface area (Å²) in [6, 6.07) is 0. The Morgan fingerprint density at radius 2 is 2.29 bits per heavy atom. The first-order chi connectivity index (χ1) is 2.81. The molecule has 4 heteroatoms. The average molecular weight is 240 g/mol. The molecule has 0 aromatic carbocycles. The summed E-state index contributed by atoms with van der Waals surface area (Å²) in [4.78, 5) is 9.95. The van der Waals surface area contributed by atoms with E-state index in [9.17, 15) is 4.79 Å². The van der Waals surface area contributed by atoms with E-state index in [2.05, 4.69) is 3.07 Å². The quantitative estimate of drug-likeness (QED) is 0.496. The Hall–Kier alpha value is 1.84. The normalized spacial score (nSPS) is 6.57. The number of carbonyl (C=O) groups is 1. The first-order valence-corrected chi connectivity index (χ1v) is 2.50. The Morgan fingerprint density at radius 1 is 1.86 bits per heavy atom. The van der Waals surface area contributed by atoms with E-state index >= 15 is 0 Å². The van der Waals surface area contributed by atoms with Crippen LogP contribution in [0.15, 0.2) is 0 Å². The van der Waals surface area contributed by atoms with Crippen LogP contribution < -0.4 is 0 Å². The summed E-state index contributed by atoms with van der Waals surface area (Å²) >= 11 is 1.56. The van der Waals surface area contributed by atoms with E-state index in [-0.39, 0.29) is 57.4 Å². The van der Waals surface area contributed by atoms with Gasteiger partial charge in [0.2, 0.25) is 0 Å². The van der Waals surface area contributed by atoms with Gasteiger partial charge >= 0.3 is 57.4 Å². The summed E-state index contributed by atoms with van der Waals surface area (Å²) in [5, 5.41) is 0. The molecule has 0 aromatic heterocycles. The van der Waals surface area contributed by atoms with Crippen molar-refractivity contribution in [1.29, 1.82) is 0 Å². The van der Waals surface area contributed by atoms with Gasteiger partial charge in [0.1, 0.15) is 0 Å². The van der Waals surface area contributed by atoms with Crippen LogP contribution >= 0.6 is 23.0 Å². The van der Waals surface area contributed by atoms with E-state index < -0.39 is 0 Å². The topological polar surface area (TPSA) is 26.3 Å². The second-order valence-corrected chi connectivity index (χ2v) is 1.24. The van der Waals surface area contributed by atoms with Gasteiger partial charge in [-0.1, -0.05) is 6.92 Å². The molecule has 7 heavy (non-hydrogen) atoms. The molecule has 0 saturated carbocycles. The van der Waals surface area contributed by atoms with Crippen LogP contribution in [0.25, 0.3) is 0 Å². The predicted octanol–water partition coefficient (Wildman–Crippen LogP) is 0.641. The zero-order valence-electron chi connectivity index (χ0n) is 3.40. The minimum absolute atomic E-state index is 0. The van der Waals surface area contributed by atoms with Gasteiger partial charge < -0.3 is 3.07 Å². The van der Waals surface area contributed by atoms with Gasteiger partial charge in [-0.3, -0.25) is 4.79 Å². The fraction of sp³-hybridized carbons (Fsp3) is 0.667. The minimum atomic E-state index is -0.171. The monoisotopic (exact) mass is 240 g/mol. The fourth-order valence-electron chi connectivity index (χ4n) is 0.0546. The third-order valence-corrected chi connectivity index (χ3v) is 0.866. The van der Waals surface area contributed by atoms with Gasteiger partial charge in [0.15, 0.2) is 23.0 Å². The standard InChI is InChI=1S/C3H5IO2.K.H/c1-2-3(5)6-4;;/h2H2,1H3;;. The first kappa shape index (κ1) is 11.6. The molecule has 0 unspecified atom stereocenters. The van der Waals surface area contributed by atoms with Gasteiger partial charge in [0.05, 0.1) is 0 Å². The molecule has 0 aliphatic heterocycles. The van der Waals surface area contributed by atoms with Crippen molar-refractivity contribution in [2.24, 2.45) is 0 Å². The maximum absolute atomic E-state index is 9.95. The summed E-state index contributed by atoms with van der Waals surface area (Å²) in [6.45, 7) is 1.75. The van der Waals surface area contributed by atoms with Gasteiger partial charge in [0.25, 0.3) is 0 Å². The molecule has 0 saturated heterocycles. The number of hydrogen-bond donors (Lipinski definition) is 0. The molecule has 0 aromatic rings. The zero-order valence-corrected chi connectivity index (χ0v) is 5.56. The molecule has 0 spiro atoms. The van der Waals surface area contributed by atoms with E-state index in [1.807, 2.05) is 0 Å². The van der Waals surface area contributed by atoms with Crippen LogP contribution in [0.3, 0.4) is 0 Å². The molecule has 0 amide bonds. The van der Waals surface area contributed by atoms with Crippen LogP contribution in [0, 0.1) is 0 Å². The van der Waals surface area contributed by atoms with Crippen molar-refractivity contribution in [3.05, 3.63) is 0 Å². The molecule has 0 radical (unpaired) electrons. The van der Waals surface area contributed by atoms with Crippen LogP contribution in [-0.2, 0) is 7.86 Å². The van der Waals surface area contributed by atoms with Crippen molar-refractivity contribution in [2.45, 2.75) is 13.3 Å². The number of rotatable bonds is 1. The summed E-state index contributed by atoms with van der Waals surface area (Å²) in [7, 11) is 0. The maximum atomic E-state index is 9.95. The van der Waals surface area contributed by atoms with Crippen LogP contribution in [0.5, 0.6) is 0 Å². The molecule has 0 aliphatic rings. The molecule has 0 aliphatic carbocycles. The van der Waals surface area contributed by atoms with Gasteiger partial charge in [-0.05, 0) is 0 Å². The van der Waals surface area contributed by atoms with Crippen molar-refractivity contribution < 1.29 is 7.86 Å². The fourth-order valence-corrected chi connectivity index (χ4v) is 0.366. The van der Waals surface area contributed by atoms with Crippen molar-refractivity contribution >= 4 is 80.4 Å². The summed E-state index contributed by atoms with van der Waals surface area (Å²) in [6.07, 6.45) is 0.461. The van der Waals surface area contributed by atoms with Gasteiger partial charge in [-0.25, -0.2) is 0 Å². The van der Waals surface area contributed by atoms with Gasteiger partial charge in [-0.15, -0.1) is 0 Å². The predicted molar refractivity (Wildman–Crippen MR) is 37.6 cm³/mol. The third-order valence-electron chi connectivity index (χ3n) is 0.375. The Labute approximate surface area is 99.5 Å². The summed E-state index contributed by atoms with van der Waals surface area (Å²) < 4.78 is 4.23. The second kappa shape index (κ2) is 7.84. The van der Waals surface area contributed by atoms with E-state index in [0.717, 1.165) is 0 Å². The van der Waals surface area contributed by atoms with Crippen LogP contribution in [0.1, 0.15) is 13.3 Å². The van der Waals surface area contributed by atoms with Crippen molar-refractivity contribution in [1.82, 2.24) is 0 Å². The van der Waals surface area contributed by atoms with Crippen molar-refractivity contribution in [3.8, 4) is 0 Å². The van der Waals surface area contributed by atoms with Crippen molar-refractivity contribution in [3.63, 3.8) is 0 Å². The molecule has 0 fully saturated rings. The van der Waals surface area contributed by atoms with E-state index in [1.54, 1.807) is 29.9 Å². The average Bonchev–Trinajstić information content (AvgIpc) is 1.65. The van der Waals surface area contributed by atoms with E-state index in [0.29, 0.717) is 6.42 Å². The Bertz CT molecular complexity index is 50.9. The molecule has 0 rings (SSSR count). The molecule has 2 nitrogen and oxygen atoms in total. The van der Waals surface area contributed by atoms with Gasteiger partial charge in [-0.2, -0.15) is 0 Å². The third kappa shape index (κ3) is 7.84. The Kier molecular flexibility index (Phi) is 13.0. The SMILES string of the molecule is CCC(=O)OI.[KH]. The first-order valence-electron chi connectivity index (χ1n) is 1.62. The molecule has 0 atom stereocenters. The Balaban J connectivity index is 0.